The zero-order chi connectivity index (χ0) is 12.6. The van der Waals surface area contributed by atoms with Gasteiger partial charge in [-0.25, -0.2) is 0 Å². The van der Waals surface area contributed by atoms with Gasteiger partial charge in [-0.3, -0.25) is 0 Å². The van der Waals surface area contributed by atoms with E-state index in [2.05, 4.69) is 31.2 Å². The van der Waals surface area contributed by atoms with Gasteiger partial charge >= 0.3 is 0 Å². The van der Waals surface area contributed by atoms with E-state index in [1.165, 1.54) is 56.9 Å². The molecule has 0 unspecified atom stereocenters. The summed E-state index contributed by atoms with van der Waals surface area (Å²) < 4.78 is 5.74. The van der Waals surface area contributed by atoms with E-state index in [9.17, 15) is 0 Å². The van der Waals surface area contributed by atoms with Gasteiger partial charge in [-0.2, -0.15) is 0 Å². The molecule has 1 aromatic carbocycles. The SMILES string of the molecule is CCCCCCCc1ccc(OCC2CC2)cc1. The summed E-state index contributed by atoms with van der Waals surface area (Å²) in [4.78, 5) is 0. The third-order valence-electron chi connectivity index (χ3n) is 3.67. The monoisotopic (exact) mass is 246 g/mol. The maximum Gasteiger partial charge on any atom is 0.119 e. The van der Waals surface area contributed by atoms with Gasteiger partial charge in [0, 0.05) is 0 Å². The summed E-state index contributed by atoms with van der Waals surface area (Å²) in [5, 5.41) is 0. The molecule has 0 N–H and O–H groups in total. The number of hydrogen-bond acceptors (Lipinski definition) is 1. The molecule has 1 aliphatic carbocycles. The lowest BCUT2D eigenvalue weighted by atomic mass is 10.1. The van der Waals surface area contributed by atoms with Crippen LogP contribution in [0.2, 0.25) is 0 Å². The van der Waals surface area contributed by atoms with Gasteiger partial charge < -0.3 is 4.74 Å². The van der Waals surface area contributed by atoms with Crippen LogP contribution in [0.1, 0.15) is 57.4 Å². The second kappa shape index (κ2) is 7.45. The van der Waals surface area contributed by atoms with Gasteiger partial charge in [-0.15, -0.1) is 0 Å². The van der Waals surface area contributed by atoms with Crippen molar-refractivity contribution in [2.45, 2.75) is 58.3 Å². The zero-order valence-electron chi connectivity index (χ0n) is 11.7. The van der Waals surface area contributed by atoms with Crippen molar-refractivity contribution >= 4 is 0 Å². The van der Waals surface area contributed by atoms with Gasteiger partial charge in [0.05, 0.1) is 6.61 Å². The Morgan fingerprint density at radius 2 is 1.72 bits per heavy atom. The van der Waals surface area contributed by atoms with E-state index in [0.717, 1.165) is 18.3 Å². The molecule has 0 saturated heterocycles. The minimum Gasteiger partial charge on any atom is -0.493 e. The van der Waals surface area contributed by atoms with Crippen LogP contribution >= 0.6 is 0 Å². The van der Waals surface area contributed by atoms with Crippen LogP contribution in [0.4, 0.5) is 0 Å². The number of hydrogen-bond donors (Lipinski definition) is 0. The molecule has 0 bridgehead atoms. The first-order valence-corrected chi connectivity index (χ1v) is 7.60. The first-order valence-electron chi connectivity index (χ1n) is 7.60. The molecule has 0 spiro atoms. The number of aryl methyl sites for hydroxylation is 1. The molecule has 2 rings (SSSR count). The number of unbranched alkanes of at least 4 members (excludes halogenated alkanes) is 4. The standard InChI is InChI=1S/C17H26O/c1-2-3-4-5-6-7-15-10-12-17(13-11-15)18-14-16-8-9-16/h10-13,16H,2-9,14H2,1H3. The normalized spacial score (nSPS) is 14.7. The highest BCUT2D eigenvalue weighted by Gasteiger charge is 2.21. The Morgan fingerprint density at radius 1 is 1.00 bits per heavy atom. The highest BCUT2D eigenvalue weighted by atomic mass is 16.5. The van der Waals surface area contributed by atoms with E-state index >= 15 is 0 Å². The topological polar surface area (TPSA) is 9.23 Å². The molecular formula is C17H26O. The summed E-state index contributed by atoms with van der Waals surface area (Å²) in [7, 11) is 0. The number of benzene rings is 1. The molecule has 1 heteroatoms. The molecule has 1 aliphatic rings. The Bertz CT molecular complexity index is 324. The highest BCUT2D eigenvalue weighted by molar-refractivity contribution is 5.27. The Kier molecular flexibility index (Phi) is 5.57. The molecule has 1 aromatic rings. The fourth-order valence-electron chi connectivity index (χ4n) is 2.18. The first-order chi connectivity index (χ1) is 8.88. The Hall–Kier alpha value is -0.980. The zero-order valence-corrected chi connectivity index (χ0v) is 11.7. The van der Waals surface area contributed by atoms with E-state index in [1.54, 1.807) is 0 Å². The van der Waals surface area contributed by atoms with Gasteiger partial charge in [0.25, 0.3) is 0 Å². The Morgan fingerprint density at radius 3 is 2.39 bits per heavy atom. The third kappa shape index (κ3) is 5.12. The van der Waals surface area contributed by atoms with E-state index in [4.69, 9.17) is 4.74 Å². The van der Waals surface area contributed by atoms with Crippen molar-refractivity contribution in [3.8, 4) is 5.75 Å². The number of ether oxygens (including phenoxy) is 1. The molecule has 0 amide bonds. The van der Waals surface area contributed by atoms with Crippen LogP contribution in [0.25, 0.3) is 0 Å². The van der Waals surface area contributed by atoms with Crippen molar-refractivity contribution in [2.75, 3.05) is 6.61 Å². The molecule has 18 heavy (non-hydrogen) atoms. The van der Waals surface area contributed by atoms with Gasteiger partial charge in [-0.1, -0.05) is 44.7 Å². The van der Waals surface area contributed by atoms with Gasteiger partial charge in [0.2, 0.25) is 0 Å². The highest BCUT2D eigenvalue weighted by Crippen LogP contribution is 2.29. The summed E-state index contributed by atoms with van der Waals surface area (Å²) in [6.07, 6.45) is 10.7. The molecular weight excluding hydrogens is 220 g/mol. The summed E-state index contributed by atoms with van der Waals surface area (Å²) in [6, 6.07) is 8.71. The van der Waals surface area contributed by atoms with E-state index in [-0.39, 0.29) is 0 Å². The fourth-order valence-corrected chi connectivity index (χ4v) is 2.18. The molecule has 0 radical (unpaired) electrons. The number of rotatable bonds is 9. The second-order valence-corrected chi connectivity index (χ2v) is 5.56. The minimum atomic E-state index is 0.836. The molecule has 0 aromatic heterocycles. The maximum atomic E-state index is 5.74. The van der Waals surface area contributed by atoms with Crippen LogP contribution < -0.4 is 4.74 Å². The predicted molar refractivity (Wildman–Crippen MR) is 77.1 cm³/mol. The van der Waals surface area contributed by atoms with E-state index < -0.39 is 0 Å². The van der Waals surface area contributed by atoms with Gasteiger partial charge in [-0.05, 0) is 49.3 Å². The first kappa shape index (κ1) is 13.5. The van der Waals surface area contributed by atoms with Crippen molar-refractivity contribution in [1.82, 2.24) is 0 Å². The minimum absolute atomic E-state index is 0.836. The molecule has 0 heterocycles. The van der Waals surface area contributed by atoms with Crippen molar-refractivity contribution in [2.24, 2.45) is 5.92 Å². The van der Waals surface area contributed by atoms with Crippen LogP contribution in [-0.2, 0) is 6.42 Å². The quantitative estimate of drug-likeness (QED) is 0.558. The van der Waals surface area contributed by atoms with Gasteiger partial charge in [0.15, 0.2) is 0 Å². The fraction of sp³-hybridized carbons (Fsp3) is 0.647. The predicted octanol–water partition coefficient (Wildman–Crippen LogP) is 4.99. The van der Waals surface area contributed by atoms with E-state index in [0.29, 0.717) is 0 Å². The summed E-state index contributed by atoms with van der Waals surface area (Å²) in [5.41, 5.74) is 1.45. The van der Waals surface area contributed by atoms with Crippen LogP contribution in [0, 0.1) is 5.92 Å². The molecule has 1 saturated carbocycles. The summed E-state index contributed by atoms with van der Waals surface area (Å²) >= 11 is 0. The molecule has 0 atom stereocenters. The van der Waals surface area contributed by atoms with Crippen LogP contribution in [0.15, 0.2) is 24.3 Å². The Balaban J connectivity index is 1.63. The largest absolute Gasteiger partial charge is 0.493 e. The lowest BCUT2D eigenvalue weighted by Gasteiger charge is -2.06. The molecule has 100 valence electrons. The molecule has 0 aliphatic heterocycles. The summed E-state index contributed by atoms with van der Waals surface area (Å²) in [6.45, 7) is 3.18. The van der Waals surface area contributed by atoms with Crippen molar-refractivity contribution in [3.05, 3.63) is 29.8 Å². The molecule has 1 fully saturated rings. The lowest BCUT2D eigenvalue weighted by Crippen LogP contribution is -1.98. The summed E-state index contributed by atoms with van der Waals surface area (Å²) in [5.74, 6) is 1.87. The molecule has 1 nitrogen and oxygen atoms in total. The average molecular weight is 246 g/mol. The van der Waals surface area contributed by atoms with Crippen molar-refractivity contribution < 1.29 is 4.74 Å². The van der Waals surface area contributed by atoms with Crippen LogP contribution in [0.3, 0.4) is 0 Å². The van der Waals surface area contributed by atoms with Crippen molar-refractivity contribution in [1.29, 1.82) is 0 Å². The smallest absolute Gasteiger partial charge is 0.119 e. The van der Waals surface area contributed by atoms with Crippen molar-refractivity contribution in [3.63, 3.8) is 0 Å². The average Bonchev–Trinajstić information content (AvgIpc) is 3.22. The lowest BCUT2D eigenvalue weighted by molar-refractivity contribution is 0.299. The van der Waals surface area contributed by atoms with Crippen LogP contribution in [-0.4, -0.2) is 6.61 Å². The van der Waals surface area contributed by atoms with Gasteiger partial charge in [0.1, 0.15) is 5.75 Å². The van der Waals surface area contributed by atoms with Crippen LogP contribution in [0.5, 0.6) is 5.75 Å². The Labute approximate surface area is 112 Å². The van der Waals surface area contributed by atoms with E-state index in [1.807, 2.05) is 0 Å². The third-order valence-corrected chi connectivity index (χ3v) is 3.67. The maximum absolute atomic E-state index is 5.74. The second-order valence-electron chi connectivity index (χ2n) is 5.56.